The lowest BCUT2D eigenvalue weighted by atomic mass is 9.80. The van der Waals surface area contributed by atoms with Crippen molar-refractivity contribution in [3.63, 3.8) is 0 Å². The number of esters is 2. The van der Waals surface area contributed by atoms with E-state index in [1.54, 1.807) is 18.9 Å². The van der Waals surface area contributed by atoms with Gasteiger partial charge in [-0.05, 0) is 110 Å². The number of halogens is 1. The topological polar surface area (TPSA) is 151 Å². The van der Waals surface area contributed by atoms with E-state index >= 15 is 0 Å². The Hall–Kier alpha value is -3.88. The molecule has 4 unspecified atom stereocenters. The minimum absolute atomic E-state index is 0.000185. The van der Waals surface area contributed by atoms with Crippen LogP contribution >= 0.6 is 15.9 Å². The van der Waals surface area contributed by atoms with Gasteiger partial charge >= 0.3 is 18.0 Å². The number of carbonyl (C=O) groups is 6. The van der Waals surface area contributed by atoms with Crippen molar-refractivity contribution in [2.75, 3.05) is 47.2 Å². The number of hydrogen-bond acceptors (Lipinski definition) is 11. The standard InChI is InChI=1S/C29H37BrN2O7.C12H22O.C8H16O.C5H11NO/c1-6-19(15-36-5)39-26(34)12-17(2)11-25(33)37-16-38-29(35)32-23-9-7-8-20-21-10-18(3)14-31(4)24(21)13-22(27(20)23)28(32)30;1-2-3-4-5-6-10-12(13)11-8-7-9-11;1-2-3-4-5-6-7-8-9;1-3-6(4-2)5-7/h7-10,17-19,24H,6,11-16H2,1-5H3;11H,2-10H2,1H3;8H,2-7H2,1H3;5H,3-4H2,1-2H3. The van der Waals surface area contributed by atoms with Crippen molar-refractivity contribution in [2.45, 2.75) is 183 Å². The maximum atomic E-state index is 13.1. The molecule has 0 saturated heterocycles. The summed E-state index contributed by atoms with van der Waals surface area (Å²) in [4.78, 5) is 72.8. The molecule has 13 nitrogen and oxygen atoms in total. The van der Waals surface area contributed by atoms with Crippen molar-refractivity contribution in [3.8, 4) is 0 Å². The van der Waals surface area contributed by atoms with Gasteiger partial charge < -0.3 is 28.6 Å². The number of methoxy groups -OCH3 is 1. The van der Waals surface area contributed by atoms with Gasteiger partial charge in [-0.1, -0.05) is 111 Å². The molecule has 384 valence electrons. The van der Waals surface area contributed by atoms with Gasteiger partial charge in [-0.3, -0.25) is 24.1 Å². The van der Waals surface area contributed by atoms with Gasteiger partial charge in [0.25, 0.3) is 0 Å². The second kappa shape index (κ2) is 34.4. The highest BCUT2D eigenvalue weighted by Crippen LogP contribution is 2.44. The summed E-state index contributed by atoms with van der Waals surface area (Å²) in [6.45, 7) is 16.6. The summed E-state index contributed by atoms with van der Waals surface area (Å²) in [7, 11) is 3.69. The van der Waals surface area contributed by atoms with Crippen LogP contribution in [0.4, 0.5) is 4.79 Å². The Bertz CT molecular complexity index is 1850. The molecule has 5 rings (SSSR count). The van der Waals surface area contributed by atoms with Crippen LogP contribution < -0.4 is 0 Å². The third-order valence-corrected chi connectivity index (χ3v) is 13.7. The van der Waals surface area contributed by atoms with Gasteiger partial charge in [0.2, 0.25) is 13.2 Å². The normalized spacial score (nSPS) is 16.9. The number of likely N-dealkylation sites (N-methyl/N-ethyl adjacent to an activating group) is 1. The lowest BCUT2D eigenvalue weighted by Gasteiger charge is -2.39. The van der Waals surface area contributed by atoms with Crippen LogP contribution in [0.2, 0.25) is 0 Å². The van der Waals surface area contributed by atoms with Gasteiger partial charge in [-0.15, -0.1) is 0 Å². The Labute approximate surface area is 416 Å². The molecule has 2 heterocycles. The summed E-state index contributed by atoms with van der Waals surface area (Å²) < 4.78 is 23.0. The first kappa shape index (κ1) is 60.2. The SMILES string of the molecule is CCC(COC)OC(=O)CC(C)CC(=O)OCOC(=O)n1c(Br)c2c3c(cccc31)C1=CC(C)CN(C)C1C2.CCCCCCCC(=O)C1CCC1.CCCCCCCC=O.CCN(C=O)CC. The summed E-state index contributed by atoms with van der Waals surface area (Å²) in [5, 5.41) is 1.04. The van der Waals surface area contributed by atoms with Crippen molar-refractivity contribution in [1.29, 1.82) is 0 Å². The predicted molar refractivity (Wildman–Crippen MR) is 274 cm³/mol. The number of ketones is 1. The number of hydrogen-bond donors (Lipinski definition) is 0. The minimum Gasteiger partial charge on any atom is -0.460 e. The molecule has 68 heavy (non-hydrogen) atoms. The predicted octanol–water partition coefficient (Wildman–Crippen LogP) is 11.9. The number of amides is 1. The summed E-state index contributed by atoms with van der Waals surface area (Å²) in [6.07, 6.45) is 22.5. The van der Waals surface area contributed by atoms with E-state index in [-0.39, 0.29) is 30.9 Å². The van der Waals surface area contributed by atoms with Gasteiger partial charge in [-0.25, -0.2) is 9.36 Å². The van der Waals surface area contributed by atoms with Crippen molar-refractivity contribution >= 4 is 68.9 Å². The number of rotatable bonds is 26. The highest BCUT2D eigenvalue weighted by atomic mass is 79.9. The number of aromatic nitrogens is 1. The number of fused-ring (bicyclic) bond motifs is 2. The maximum absolute atomic E-state index is 13.1. The van der Waals surface area contributed by atoms with Crippen LogP contribution in [0.5, 0.6) is 0 Å². The number of carbonyl (C=O) groups excluding carboxylic acids is 6. The fraction of sp³-hybridized carbons (Fsp3) is 0.704. The van der Waals surface area contributed by atoms with Crippen LogP contribution in [0.3, 0.4) is 0 Å². The van der Waals surface area contributed by atoms with Crippen LogP contribution in [-0.4, -0.2) is 110 Å². The maximum Gasteiger partial charge on any atom is 0.422 e. The van der Waals surface area contributed by atoms with E-state index in [1.165, 1.54) is 80.8 Å². The van der Waals surface area contributed by atoms with Crippen molar-refractivity contribution < 1.29 is 47.7 Å². The molecule has 2 aromatic rings. The Balaban J connectivity index is 0.000000441. The van der Waals surface area contributed by atoms with Gasteiger partial charge in [0, 0.05) is 69.8 Å². The van der Waals surface area contributed by atoms with Crippen LogP contribution in [0.25, 0.3) is 16.5 Å². The Morgan fingerprint density at radius 2 is 1.53 bits per heavy atom. The molecule has 4 atom stereocenters. The molecule has 1 aromatic heterocycles. The number of benzene rings is 1. The molecule has 1 amide bonds. The number of aldehydes is 1. The number of unbranched alkanes of at least 4 members (excludes halogenated alkanes) is 9. The van der Waals surface area contributed by atoms with Crippen molar-refractivity contribution in [3.05, 3.63) is 40.0 Å². The molecule has 2 aliphatic carbocycles. The zero-order valence-corrected chi connectivity index (χ0v) is 44.7. The molecule has 0 radical (unpaired) electrons. The van der Waals surface area contributed by atoms with E-state index in [9.17, 15) is 28.8 Å². The molecule has 3 aliphatic rings. The summed E-state index contributed by atoms with van der Waals surface area (Å²) in [5.74, 6) is 0.218. The molecule has 1 saturated carbocycles. The largest absolute Gasteiger partial charge is 0.460 e. The van der Waals surface area contributed by atoms with Gasteiger partial charge in [0.05, 0.1) is 16.7 Å². The first-order chi connectivity index (χ1) is 32.7. The molecule has 0 bridgehead atoms. The van der Waals surface area contributed by atoms with E-state index in [0.29, 0.717) is 35.2 Å². The van der Waals surface area contributed by atoms with E-state index in [0.717, 1.165) is 86.5 Å². The van der Waals surface area contributed by atoms with Crippen LogP contribution in [0.1, 0.15) is 175 Å². The second-order valence-electron chi connectivity index (χ2n) is 18.6. The summed E-state index contributed by atoms with van der Waals surface area (Å²) in [6, 6.07) is 6.20. The third-order valence-electron chi connectivity index (χ3n) is 12.9. The van der Waals surface area contributed by atoms with Crippen LogP contribution in [0, 0.1) is 17.8 Å². The van der Waals surface area contributed by atoms with Crippen LogP contribution in [0.15, 0.2) is 28.9 Å². The molecule has 14 heteroatoms. The average molecular weight is 1020 g/mol. The quantitative estimate of drug-likeness (QED) is 0.0383. The van der Waals surface area contributed by atoms with Crippen molar-refractivity contribution in [1.82, 2.24) is 14.4 Å². The average Bonchev–Trinajstić information content (AvgIpc) is 3.58. The van der Waals surface area contributed by atoms with E-state index in [1.807, 2.05) is 32.9 Å². The molecule has 0 N–H and O–H groups in total. The fourth-order valence-corrected chi connectivity index (χ4v) is 9.31. The molecule has 0 spiro atoms. The second-order valence-corrected chi connectivity index (χ2v) is 19.3. The molecule has 1 aliphatic heterocycles. The lowest BCUT2D eigenvalue weighted by molar-refractivity contribution is -0.155. The molecule has 1 fully saturated rings. The minimum atomic E-state index is -0.635. The number of ether oxygens (including phenoxy) is 4. The van der Waals surface area contributed by atoms with E-state index in [4.69, 9.17) is 18.9 Å². The first-order valence-electron chi connectivity index (χ1n) is 25.7. The summed E-state index contributed by atoms with van der Waals surface area (Å²) in [5.41, 5.74) is 4.24. The number of nitrogens with zero attached hydrogens (tertiary/aromatic N) is 3. The number of Topliss-reactive ketones (excluding diaryl/α,β-unsaturated/α-hetero) is 1. The Morgan fingerprint density at radius 1 is 0.882 bits per heavy atom. The highest BCUT2D eigenvalue weighted by Gasteiger charge is 2.36. The molecular weight excluding hydrogens is 931 g/mol. The monoisotopic (exact) mass is 1020 g/mol. The van der Waals surface area contributed by atoms with Crippen molar-refractivity contribution in [2.24, 2.45) is 17.8 Å². The smallest absolute Gasteiger partial charge is 0.422 e. The molecule has 1 aromatic carbocycles. The van der Waals surface area contributed by atoms with E-state index in [2.05, 4.69) is 60.8 Å². The zero-order chi connectivity index (χ0) is 50.4. The molecular formula is C54H86BrN3O10. The first-order valence-corrected chi connectivity index (χ1v) is 26.4. The zero-order valence-electron chi connectivity index (χ0n) is 43.1. The van der Waals surface area contributed by atoms with Gasteiger partial charge in [0.15, 0.2) is 0 Å². The van der Waals surface area contributed by atoms with E-state index < -0.39 is 24.8 Å². The Morgan fingerprint density at radius 3 is 2.09 bits per heavy atom. The Kier molecular flexibility index (Phi) is 30.5. The summed E-state index contributed by atoms with van der Waals surface area (Å²) >= 11 is 3.64. The van der Waals surface area contributed by atoms with Gasteiger partial charge in [0.1, 0.15) is 18.2 Å². The fourth-order valence-electron chi connectivity index (χ4n) is 8.62. The third kappa shape index (κ3) is 20.6. The van der Waals surface area contributed by atoms with Crippen LogP contribution in [-0.2, 0) is 49.3 Å². The van der Waals surface area contributed by atoms with Gasteiger partial charge in [-0.2, -0.15) is 0 Å². The lowest BCUT2D eigenvalue weighted by Crippen LogP contribution is -2.41. The highest BCUT2D eigenvalue weighted by molar-refractivity contribution is 9.10.